The zero-order valence-electron chi connectivity index (χ0n) is 5.52. The molecular weight excluding hydrogens is 186 g/mol. The first-order valence-corrected chi connectivity index (χ1v) is 3.72. The Morgan fingerprint density at radius 3 is 2.27 bits per heavy atom. The highest BCUT2D eigenvalue weighted by Crippen LogP contribution is 2.14. The second-order valence-corrected chi connectivity index (χ2v) is 2.78. The summed E-state index contributed by atoms with van der Waals surface area (Å²) in [7, 11) is 0. The minimum Gasteiger partial charge on any atom is -0.194 e. The third-order valence-corrected chi connectivity index (χ3v) is 1.51. The number of benzene rings is 1. The van der Waals surface area contributed by atoms with Crippen LogP contribution in [0.15, 0.2) is 29.6 Å². The average Bonchev–Trinajstić information content (AvgIpc) is 1.93. The lowest BCUT2D eigenvalue weighted by Crippen LogP contribution is -1.69. The van der Waals surface area contributed by atoms with Crippen molar-refractivity contribution < 1.29 is 4.39 Å². The summed E-state index contributed by atoms with van der Waals surface area (Å²) in [5, 5.41) is -0.107. The van der Waals surface area contributed by atoms with Gasteiger partial charge in [-0.05, 0) is 23.8 Å². The van der Waals surface area contributed by atoms with Crippen molar-refractivity contribution in [2.75, 3.05) is 0 Å². The van der Waals surface area contributed by atoms with Crippen LogP contribution in [0.25, 0.3) is 6.08 Å². The molecule has 58 valence electrons. The zero-order chi connectivity index (χ0) is 8.27. The Kier molecular flexibility index (Phi) is 2.92. The molecule has 0 heterocycles. The Balaban J connectivity index is 2.91. The minimum absolute atomic E-state index is 0.622. The molecule has 0 amide bonds. The highest BCUT2D eigenvalue weighted by atomic mass is 35.5. The van der Waals surface area contributed by atoms with E-state index in [4.69, 9.17) is 23.2 Å². The topological polar surface area (TPSA) is 0 Å². The molecule has 0 radical (unpaired) electrons. The van der Waals surface area contributed by atoms with E-state index in [2.05, 4.69) is 0 Å². The average molecular weight is 191 g/mol. The van der Waals surface area contributed by atoms with Gasteiger partial charge in [-0.15, -0.1) is 0 Å². The Bertz CT molecular complexity index is 260. The summed E-state index contributed by atoms with van der Waals surface area (Å²) in [5.74, 6) is 0. The van der Waals surface area contributed by atoms with Crippen LogP contribution in [0.2, 0.25) is 5.02 Å². The van der Waals surface area contributed by atoms with E-state index < -0.39 is 5.29 Å². The molecule has 0 bridgehead atoms. The maximum Gasteiger partial charge on any atom is 0.189 e. The number of hydrogen-bond acceptors (Lipinski definition) is 0. The fraction of sp³-hybridized carbons (Fsp3) is 0. The van der Waals surface area contributed by atoms with Gasteiger partial charge in [-0.25, -0.2) is 0 Å². The van der Waals surface area contributed by atoms with E-state index in [0.717, 1.165) is 0 Å². The highest BCUT2D eigenvalue weighted by molar-refractivity contribution is 6.31. The minimum atomic E-state index is -0.729. The molecule has 0 spiro atoms. The maximum atomic E-state index is 12.1. The van der Waals surface area contributed by atoms with E-state index >= 15 is 0 Å². The van der Waals surface area contributed by atoms with Crippen molar-refractivity contribution in [3.05, 3.63) is 40.1 Å². The number of rotatable bonds is 1. The van der Waals surface area contributed by atoms with Gasteiger partial charge in [0.15, 0.2) is 5.29 Å². The standard InChI is InChI=1S/C8H5Cl2F/c9-7-3-1-6(2-4-7)5-8(10)11/h1-5H/b8-5+. The Hall–Kier alpha value is -0.530. The lowest BCUT2D eigenvalue weighted by Gasteiger charge is -1.91. The molecule has 0 aliphatic carbocycles. The van der Waals surface area contributed by atoms with Gasteiger partial charge in [-0.3, -0.25) is 0 Å². The van der Waals surface area contributed by atoms with Crippen LogP contribution < -0.4 is 0 Å². The van der Waals surface area contributed by atoms with E-state index in [1.54, 1.807) is 24.3 Å². The van der Waals surface area contributed by atoms with Crippen LogP contribution in [0.5, 0.6) is 0 Å². The van der Waals surface area contributed by atoms with Gasteiger partial charge in [0.1, 0.15) is 0 Å². The van der Waals surface area contributed by atoms with Crippen molar-refractivity contribution in [2.45, 2.75) is 0 Å². The van der Waals surface area contributed by atoms with E-state index in [9.17, 15) is 4.39 Å². The molecule has 0 nitrogen and oxygen atoms in total. The van der Waals surface area contributed by atoms with Crippen LogP contribution in [0.1, 0.15) is 5.56 Å². The van der Waals surface area contributed by atoms with Crippen LogP contribution in [-0.4, -0.2) is 0 Å². The maximum absolute atomic E-state index is 12.1. The second-order valence-electron chi connectivity index (χ2n) is 1.99. The molecule has 1 aromatic carbocycles. The van der Waals surface area contributed by atoms with Gasteiger partial charge in [0.25, 0.3) is 0 Å². The van der Waals surface area contributed by atoms with Crippen molar-refractivity contribution in [1.29, 1.82) is 0 Å². The zero-order valence-corrected chi connectivity index (χ0v) is 7.03. The van der Waals surface area contributed by atoms with Gasteiger partial charge in [0.2, 0.25) is 0 Å². The molecule has 0 aromatic heterocycles. The van der Waals surface area contributed by atoms with E-state index in [1.807, 2.05) is 0 Å². The first kappa shape index (κ1) is 8.57. The van der Waals surface area contributed by atoms with Gasteiger partial charge in [0, 0.05) is 5.02 Å². The van der Waals surface area contributed by atoms with Crippen LogP contribution in [0.4, 0.5) is 4.39 Å². The smallest absolute Gasteiger partial charge is 0.189 e. The molecule has 0 aliphatic rings. The normalized spacial score (nSPS) is 11.7. The van der Waals surface area contributed by atoms with Crippen molar-refractivity contribution in [2.24, 2.45) is 0 Å². The predicted octanol–water partition coefficient (Wildman–Crippen LogP) is 3.85. The van der Waals surface area contributed by atoms with Crippen molar-refractivity contribution in [3.8, 4) is 0 Å². The van der Waals surface area contributed by atoms with E-state index in [0.29, 0.717) is 10.6 Å². The van der Waals surface area contributed by atoms with Crippen LogP contribution >= 0.6 is 23.2 Å². The van der Waals surface area contributed by atoms with E-state index in [1.165, 1.54) is 6.08 Å². The fourth-order valence-electron chi connectivity index (χ4n) is 0.685. The molecule has 0 saturated heterocycles. The van der Waals surface area contributed by atoms with Gasteiger partial charge in [-0.1, -0.05) is 35.3 Å². The molecule has 3 heteroatoms. The van der Waals surface area contributed by atoms with Gasteiger partial charge in [0.05, 0.1) is 0 Å². The number of halogens is 3. The first-order valence-electron chi connectivity index (χ1n) is 2.97. The molecule has 0 N–H and O–H groups in total. The Morgan fingerprint density at radius 1 is 1.27 bits per heavy atom. The summed E-state index contributed by atoms with van der Waals surface area (Å²) in [4.78, 5) is 0. The lowest BCUT2D eigenvalue weighted by molar-refractivity contribution is 0.702. The quantitative estimate of drug-likeness (QED) is 0.632. The Labute approximate surface area is 74.2 Å². The predicted molar refractivity (Wildman–Crippen MR) is 46.4 cm³/mol. The van der Waals surface area contributed by atoms with Crippen molar-refractivity contribution in [3.63, 3.8) is 0 Å². The summed E-state index contributed by atoms with van der Waals surface area (Å²) in [6.45, 7) is 0. The second kappa shape index (κ2) is 3.74. The lowest BCUT2D eigenvalue weighted by atomic mass is 10.2. The third kappa shape index (κ3) is 2.91. The SMILES string of the molecule is F/C(Cl)=C/c1ccc(Cl)cc1. The molecule has 0 saturated carbocycles. The molecule has 0 aliphatic heterocycles. The highest BCUT2D eigenvalue weighted by Gasteiger charge is 1.90. The molecule has 1 rings (SSSR count). The van der Waals surface area contributed by atoms with Crippen LogP contribution in [0, 0.1) is 0 Å². The monoisotopic (exact) mass is 190 g/mol. The largest absolute Gasteiger partial charge is 0.194 e. The molecule has 0 fully saturated rings. The van der Waals surface area contributed by atoms with Gasteiger partial charge >= 0.3 is 0 Å². The summed E-state index contributed by atoms with van der Waals surface area (Å²) in [6, 6.07) is 6.72. The fourth-order valence-corrected chi connectivity index (χ4v) is 0.937. The van der Waals surface area contributed by atoms with Crippen molar-refractivity contribution in [1.82, 2.24) is 0 Å². The first-order chi connectivity index (χ1) is 5.18. The molecule has 0 unspecified atom stereocenters. The van der Waals surface area contributed by atoms with E-state index in [-0.39, 0.29) is 0 Å². The summed E-state index contributed by atoms with van der Waals surface area (Å²) in [6.07, 6.45) is 1.22. The molecule has 1 aromatic rings. The summed E-state index contributed by atoms with van der Waals surface area (Å²) >= 11 is 10.6. The van der Waals surface area contributed by atoms with Crippen LogP contribution in [-0.2, 0) is 0 Å². The summed E-state index contributed by atoms with van der Waals surface area (Å²) in [5.41, 5.74) is 0.696. The third-order valence-electron chi connectivity index (χ3n) is 1.15. The molecular formula is C8H5Cl2F. The van der Waals surface area contributed by atoms with Crippen LogP contribution in [0.3, 0.4) is 0 Å². The molecule has 11 heavy (non-hydrogen) atoms. The van der Waals surface area contributed by atoms with Crippen molar-refractivity contribution >= 4 is 29.3 Å². The molecule has 0 atom stereocenters. The van der Waals surface area contributed by atoms with Gasteiger partial charge in [-0.2, -0.15) is 4.39 Å². The summed E-state index contributed by atoms with van der Waals surface area (Å²) < 4.78 is 12.1. The number of hydrogen-bond donors (Lipinski definition) is 0. The Morgan fingerprint density at radius 2 is 1.82 bits per heavy atom. The van der Waals surface area contributed by atoms with Gasteiger partial charge < -0.3 is 0 Å².